The Balaban J connectivity index is 1.73. The van der Waals surface area contributed by atoms with Crippen LogP contribution < -0.4 is 20.3 Å². The van der Waals surface area contributed by atoms with Crippen LogP contribution in [-0.4, -0.2) is 31.1 Å². The first-order valence-corrected chi connectivity index (χ1v) is 9.57. The number of fused-ring (bicyclic) bond motifs is 1. The van der Waals surface area contributed by atoms with Crippen molar-refractivity contribution in [3.8, 4) is 5.75 Å². The molecule has 26 heavy (non-hydrogen) atoms. The monoisotopic (exact) mass is 359 g/mol. The first-order chi connectivity index (χ1) is 12.4. The summed E-state index contributed by atoms with van der Waals surface area (Å²) in [6, 6.07) is 5.53. The quantitative estimate of drug-likeness (QED) is 0.859. The van der Waals surface area contributed by atoms with Gasteiger partial charge in [-0.05, 0) is 45.7 Å². The fourth-order valence-corrected chi connectivity index (χ4v) is 3.64. The number of carbonyl (C=O) groups is 2. The minimum atomic E-state index is -0.582. The van der Waals surface area contributed by atoms with Gasteiger partial charge in [-0.3, -0.25) is 4.79 Å². The SMILES string of the molecule is CCN1C(=O)C(C)(C)COc2cc(NC(=O)NC3CCCCC3)ccc21. The van der Waals surface area contributed by atoms with Crippen molar-refractivity contribution in [3.05, 3.63) is 18.2 Å². The molecular formula is C20H29N3O3. The Labute approximate surface area is 155 Å². The van der Waals surface area contributed by atoms with Gasteiger partial charge >= 0.3 is 6.03 Å². The first-order valence-electron chi connectivity index (χ1n) is 9.57. The number of hydrogen-bond donors (Lipinski definition) is 2. The summed E-state index contributed by atoms with van der Waals surface area (Å²) in [7, 11) is 0. The highest BCUT2D eigenvalue weighted by atomic mass is 16.5. The Morgan fingerprint density at radius 2 is 2.00 bits per heavy atom. The smallest absolute Gasteiger partial charge is 0.319 e. The predicted molar refractivity (Wildman–Crippen MR) is 103 cm³/mol. The van der Waals surface area contributed by atoms with Gasteiger partial charge in [0.15, 0.2) is 0 Å². The summed E-state index contributed by atoms with van der Waals surface area (Å²) >= 11 is 0. The number of nitrogens with zero attached hydrogens (tertiary/aromatic N) is 1. The number of amides is 3. The molecule has 142 valence electrons. The zero-order valence-electron chi connectivity index (χ0n) is 15.9. The van der Waals surface area contributed by atoms with Crippen LogP contribution in [0, 0.1) is 5.41 Å². The van der Waals surface area contributed by atoms with Crippen molar-refractivity contribution in [2.75, 3.05) is 23.4 Å². The van der Waals surface area contributed by atoms with Crippen LogP contribution in [0.25, 0.3) is 0 Å². The van der Waals surface area contributed by atoms with Gasteiger partial charge in [0.2, 0.25) is 5.91 Å². The van der Waals surface area contributed by atoms with Gasteiger partial charge in [0.1, 0.15) is 12.4 Å². The molecule has 1 aliphatic carbocycles. The van der Waals surface area contributed by atoms with E-state index in [4.69, 9.17) is 4.74 Å². The number of benzene rings is 1. The molecule has 0 unspecified atom stereocenters. The van der Waals surface area contributed by atoms with Crippen LogP contribution in [0.2, 0.25) is 0 Å². The summed E-state index contributed by atoms with van der Waals surface area (Å²) in [5.41, 5.74) is 0.836. The molecule has 3 rings (SSSR count). The highest BCUT2D eigenvalue weighted by Gasteiger charge is 2.37. The maximum atomic E-state index is 12.7. The second-order valence-electron chi connectivity index (χ2n) is 7.84. The molecule has 1 aromatic carbocycles. The van der Waals surface area contributed by atoms with Crippen molar-refractivity contribution in [1.82, 2.24) is 5.32 Å². The molecule has 0 aromatic heterocycles. The van der Waals surface area contributed by atoms with Crippen molar-refractivity contribution >= 4 is 23.3 Å². The van der Waals surface area contributed by atoms with Gasteiger partial charge in [-0.25, -0.2) is 4.79 Å². The molecule has 1 heterocycles. The standard InChI is InChI=1S/C20H29N3O3/c1-4-23-16-11-10-15(12-17(16)26-13-20(2,3)18(23)24)22-19(25)21-14-8-6-5-7-9-14/h10-12,14H,4-9,13H2,1-3H3,(H2,21,22,25). The molecule has 0 bridgehead atoms. The summed E-state index contributed by atoms with van der Waals surface area (Å²) in [6.07, 6.45) is 5.69. The first kappa shape index (κ1) is 18.5. The van der Waals surface area contributed by atoms with E-state index in [1.165, 1.54) is 19.3 Å². The van der Waals surface area contributed by atoms with Gasteiger partial charge in [-0.2, -0.15) is 0 Å². The van der Waals surface area contributed by atoms with Gasteiger partial charge in [0.05, 0.1) is 11.1 Å². The van der Waals surface area contributed by atoms with Crippen LogP contribution in [0.3, 0.4) is 0 Å². The van der Waals surface area contributed by atoms with E-state index < -0.39 is 5.41 Å². The minimum absolute atomic E-state index is 0.0505. The summed E-state index contributed by atoms with van der Waals surface area (Å²) in [6.45, 7) is 6.62. The van der Waals surface area contributed by atoms with Crippen molar-refractivity contribution in [2.45, 2.75) is 58.9 Å². The summed E-state index contributed by atoms with van der Waals surface area (Å²) in [4.78, 5) is 26.7. The minimum Gasteiger partial charge on any atom is -0.490 e. The van der Waals surface area contributed by atoms with Crippen LogP contribution in [-0.2, 0) is 4.79 Å². The number of rotatable bonds is 3. The normalized spacial score (nSPS) is 20.0. The van der Waals surface area contributed by atoms with Crippen LogP contribution >= 0.6 is 0 Å². The van der Waals surface area contributed by atoms with E-state index in [-0.39, 0.29) is 18.0 Å². The molecule has 0 atom stereocenters. The molecule has 0 spiro atoms. The zero-order valence-corrected chi connectivity index (χ0v) is 15.9. The van der Waals surface area contributed by atoms with Crippen molar-refractivity contribution in [3.63, 3.8) is 0 Å². The van der Waals surface area contributed by atoms with E-state index in [0.29, 0.717) is 24.6 Å². The molecule has 1 saturated carbocycles. The van der Waals surface area contributed by atoms with Crippen molar-refractivity contribution < 1.29 is 14.3 Å². The fourth-order valence-electron chi connectivity index (χ4n) is 3.64. The van der Waals surface area contributed by atoms with Gasteiger partial charge in [-0.1, -0.05) is 19.3 Å². The van der Waals surface area contributed by atoms with Crippen molar-refractivity contribution in [2.24, 2.45) is 5.41 Å². The Morgan fingerprint density at radius 3 is 2.69 bits per heavy atom. The third-order valence-electron chi connectivity index (χ3n) is 5.18. The number of urea groups is 1. The van der Waals surface area contributed by atoms with E-state index >= 15 is 0 Å². The predicted octanol–water partition coefficient (Wildman–Crippen LogP) is 3.91. The molecule has 0 saturated heterocycles. The second-order valence-corrected chi connectivity index (χ2v) is 7.84. The summed E-state index contributed by atoms with van der Waals surface area (Å²) < 4.78 is 5.90. The van der Waals surface area contributed by atoms with Crippen LogP contribution in [0.1, 0.15) is 52.9 Å². The fraction of sp³-hybridized carbons (Fsp3) is 0.600. The average Bonchev–Trinajstić information content (AvgIpc) is 2.71. The number of ether oxygens (including phenoxy) is 1. The third kappa shape index (κ3) is 3.94. The highest BCUT2D eigenvalue weighted by molar-refractivity contribution is 6.00. The van der Waals surface area contributed by atoms with Gasteiger partial charge in [0.25, 0.3) is 0 Å². The number of hydrogen-bond acceptors (Lipinski definition) is 3. The summed E-state index contributed by atoms with van der Waals surface area (Å²) in [5.74, 6) is 0.677. The lowest BCUT2D eigenvalue weighted by atomic mass is 9.93. The second kappa shape index (κ2) is 7.56. The van der Waals surface area contributed by atoms with Crippen molar-refractivity contribution in [1.29, 1.82) is 0 Å². The van der Waals surface area contributed by atoms with Crippen LogP contribution in [0.15, 0.2) is 18.2 Å². The van der Waals surface area contributed by atoms with E-state index in [0.717, 1.165) is 18.5 Å². The van der Waals surface area contributed by atoms with E-state index in [2.05, 4.69) is 10.6 Å². The molecule has 3 amide bonds. The lowest BCUT2D eigenvalue weighted by Crippen LogP contribution is -2.42. The van der Waals surface area contributed by atoms with Gasteiger partial charge < -0.3 is 20.3 Å². The number of carbonyl (C=O) groups excluding carboxylic acids is 2. The van der Waals surface area contributed by atoms with E-state index in [1.807, 2.05) is 32.9 Å². The topological polar surface area (TPSA) is 70.7 Å². The molecule has 6 heteroatoms. The van der Waals surface area contributed by atoms with E-state index in [9.17, 15) is 9.59 Å². The number of anilines is 2. The third-order valence-corrected chi connectivity index (χ3v) is 5.18. The number of nitrogens with one attached hydrogen (secondary N) is 2. The molecule has 1 aliphatic heterocycles. The van der Waals surface area contributed by atoms with Gasteiger partial charge in [0, 0.05) is 24.3 Å². The maximum absolute atomic E-state index is 12.7. The van der Waals surface area contributed by atoms with Crippen LogP contribution in [0.5, 0.6) is 5.75 Å². The summed E-state index contributed by atoms with van der Waals surface area (Å²) in [5, 5.41) is 5.94. The van der Waals surface area contributed by atoms with Crippen LogP contribution in [0.4, 0.5) is 16.2 Å². The lowest BCUT2D eigenvalue weighted by molar-refractivity contribution is -0.127. The lowest BCUT2D eigenvalue weighted by Gasteiger charge is -2.26. The maximum Gasteiger partial charge on any atom is 0.319 e. The Hall–Kier alpha value is -2.24. The molecule has 2 aliphatic rings. The highest BCUT2D eigenvalue weighted by Crippen LogP contribution is 2.38. The molecule has 2 N–H and O–H groups in total. The molecule has 1 aromatic rings. The molecule has 0 radical (unpaired) electrons. The zero-order chi connectivity index (χ0) is 18.7. The Kier molecular flexibility index (Phi) is 5.39. The Bertz CT molecular complexity index is 681. The van der Waals surface area contributed by atoms with E-state index in [1.54, 1.807) is 11.0 Å². The van der Waals surface area contributed by atoms with Gasteiger partial charge in [-0.15, -0.1) is 0 Å². The average molecular weight is 359 g/mol. The molecule has 6 nitrogen and oxygen atoms in total. The largest absolute Gasteiger partial charge is 0.490 e. The molecular weight excluding hydrogens is 330 g/mol. The Morgan fingerprint density at radius 1 is 1.27 bits per heavy atom. The molecule has 1 fully saturated rings.